The maximum absolute atomic E-state index is 5.90. The second-order valence-electron chi connectivity index (χ2n) is 6.68. The fraction of sp³-hybridized carbons (Fsp3) is 0.0909. The van der Waals surface area contributed by atoms with Gasteiger partial charge >= 0.3 is 0 Å². The summed E-state index contributed by atoms with van der Waals surface area (Å²) >= 11 is 0. The van der Waals surface area contributed by atoms with Gasteiger partial charge in [-0.3, -0.25) is 4.98 Å². The van der Waals surface area contributed by atoms with Crippen LogP contribution in [0.15, 0.2) is 85.2 Å². The van der Waals surface area contributed by atoms with Crippen LogP contribution in [0.1, 0.15) is 22.7 Å². The van der Waals surface area contributed by atoms with Crippen molar-refractivity contribution in [3.8, 4) is 5.75 Å². The Balaban J connectivity index is 1.40. The molecule has 1 atom stereocenters. The first kappa shape index (κ1) is 17.1. The van der Waals surface area contributed by atoms with Crippen LogP contribution in [0.4, 0.5) is 5.95 Å². The standard InChI is InChI=1S/C22H18N6O/c1-2-5-16(6-3-1)15-29-19-10-8-17(9-11-19)21-13-20(18-7-4-12-23-14-18)24-22-25-26-27-28(21)22/h1-14,21H,15H2,(H,24,25,27). The van der Waals surface area contributed by atoms with Gasteiger partial charge in [0.05, 0.1) is 0 Å². The summed E-state index contributed by atoms with van der Waals surface area (Å²) < 4.78 is 7.66. The summed E-state index contributed by atoms with van der Waals surface area (Å²) in [5.74, 6) is 1.42. The van der Waals surface area contributed by atoms with Crippen molar-refractivity contribution < 1.29 is 4.74 Å². The minimum absolute atomic E-state index is 0.125. The highest BCUT2D eigenvalue weighted by Crippen LogP contribution is 2.32. The van der Waals surface area contributed by atoms with Gasteiger partial charge in [-0.1, -0.05) is 47.6 Å². The first-order valence-corrected chi connectivity index (χ1v) is 9.30. The molecule has 3 heterocycles. The van der Waals surface area contributed by atoms with Crippen LogP contribution >= 0.6 is 0 Å². The molecule has 7 heteroatoms. The fourth-order valence-corrected chi connectivity index (χ4v) is 3.28. The number of tetrazole rings is 1. The minimum Gasteiger partial charge on any atom is -0.489 e. The lowest BCUT2D eigenvalue weighted by Crippen LogP contribution is -2.20. The van der Waals surface area contributed by atoms with E-state index in [9.17, 15) is 0 Å². The fourth-order valence-electron chi connectivity index (χ4n) is 3.28. The molecule has 1 aliphatic rings. The van der Waals surface area contributed by atoms with Crippen molar-refractivity contribution in [2.75, 3.05) is 5.32 Å². The minimum atomic E-state index is -0.125. The van der Waals surface area contributed by atoms with E-state index in [0.717, 1.165) is 28.1 Å². The first-order valence-electron chi connectivity index (χ1n) is 9.30. The maximum Gasteiger partial charge on any atom is 0.248 e. The molecule has 1 unspecified atom stereocenters. The molecule has 0 radical (unpaired) electrons. The van der Waals surface area contributed by atoms with Crippen LogP contribution in [-0.4, -0.2) is 25.2 Å². The summed E-state index contributed by atoms with van der Waals surface area (Å²) in [5.41, 5.74) is 4.11. The topological polar surface area (TPSA) is 77.8 Å². The van der Waals surface area contributed by atoms with Gasteiger partial charge in [-0.2, -0.15) is 4.68 Å². The number of benzene rings is 2. The Labute approximate surface area is 167 Å². The lowest BCUT2D eigenvalue weighted by atomic mass is 10.0. The van der Waals surface area contributed by atoms with Gasteiger partial charge in [0.25, 0.3) is 0 Å². The molecule has 0 fully saturated rings. The van der Waals surface area contributed by atoms with Crippen molar-refractivity contribution >= 4 is 11.6 Å². The highest BCUT2D eigenvalue weighted by Gasteiger charge is 2.24. The van der Waals surface area contributed by atoms with Crippen molar-refractivity contribution in [2.45, 2.75) is 12.6 Å². The molecule has 0 amide bonds. The molecule has 4 aromatic rings. The van der Waals surface area contributed by atoms with Crippen LogP contribution in [-0.2, 0) is 6.61 Å². The van der Waals surface area contributed by atoms with Crippen LogP contribution in [0.25, 0.3) is 5.70 Å². The number of aromatic nitrogens is 5. The Morgan fingerprint density at radius 2 is 1.83 bits per heavy atom. The van der Waals surface area contributed by atoms with Gasteiger partial charge in [-0.15, -0.1) is 0 Å². The Bertz CT molecular complexity index is 1120. The molecule has 0 saturated carbocycles. The molecule has 1 N–H and O–H groups in total. The summed E-state index contributed by atoms with van der Waals surface area (Å²) in [6.45, 7) is 0.537. The van der Waals surface area contributed by atoms with E-state index in [0.29, 0.717) is 12.6 Å². The van der Waals surface area contributed by atoms with Crippen LogP contribution in [0.2, 0.25) is 0 Å². The summed E-state index contributed by atoms with van der Waals surface area (Å²) in [7, 11) is 0. The van der Waals surface area contributed by atoms with E-state index >= 15 is 0 Å². The lowest BCUT2D eigenvalue weighted by Gasteiger charge is -2.23. The predicted molar refractivity (Wildman–Crippen MR) is 109 cm³/mol. The average Bonchev–Trinajstić information content (AvgIpc) is 3.28. The predicted octanol–water partition coefficient (Wildman–Crippen LogP) is 3.70. The zero-order valence-electron chi connectivity index (χ0n) is 15.5. The number of hydrogen-bond acceptors (Lipinski definition) is 6. The van der Waals surface area contributed by atoms with Gasteiger partial charge in [0.1, 0.15) is 18.4 Å². The van der Waals surface area contributed by atoms with Crippen LogP contribution in [0.5, 0.6) is 5.75 Å². The normalized spacial score (nSPS) is 15.2. The summed E-state index contributed by atoms with van der Waals surface area (Å²) in [6, 6.07) is 21.9. The Morgan fingerprint density at radius 3 is 2.62 bits per heavy atom. The molecule has 5 rings (SSSR count). The van der Waals surface area contributed by atoms with Gasteiger partial charge in [0, 0.05) is 23.7 Å². The molecule has 7 nitrogen and oxygen atoms in total. The van der Waals surface area contributed by atoms with E-state index in [1.54, 1.807) is 10.9 Å². The number of hydrogen-bond donors (Lipinski definition) is 1. The average molecular weight is 382 g/mol. The molecule has 29 heavy (non-hydrogen) atoms. The molecular formula is C22H18N6O. The lowest BCUT2D eigenvalue weighted by molar-refractivity contribution is 0.306. The first-order chi connectivity index (χ1) is 14.4. The highest BCUT2D eigenvalue weighted by atomic mass is 16.5. The number of allylic oxidation sites excluding steroid dienone is 1. The maximum atomic E-state index is 5.90. The number of pyridine rings is 1. The molecule has 2 aromatic carbocycles. The quantitative estimate of drug-likeness (QED) is 0.567. The molecule has 142 valence electrons. The van der Waals surface area contributed by atoms with E-state index in [4.69, 9.17) is 4.74 Å². The molecule has 0 bridgehead atoms. The summed E-state index contributed by atoms with van der Waals surface area (Å²) in [6.07, 6.45) is 5.67. The summed E-state index contributed by atoms with van der Waals surface area (Å²) in [4.78, 5) is 4.20. The zero-order chi connectivity index (χ0) is 19.5. The molecule has 0 aliphatic carbocycles. The summed E-state index contributed by atoms with van der Waals surface area (Å²) in [5, 5.41) is 15.3. The number of ether oxygens (including phenoxy) is 1. The van der Waals surface area contributed by atoms with E-state index in [1.165, 1.54) is 0 Å². The smallest absolute Gasteiger partial charge is 0.248 e. The Kier molecular flexibility index (Phi) is 4.46. The number of anilines is 1. The number of fused-ring (bicyclic) bond motifs is 1. The van der Waals surface area contributed by atoms with Crippen molar-refractivity contribution in [1.82, 2.24) is 25.2 Å². The van der Waals surface area contributed by atoms with Gasteiger partial charge in [0.2, 0.25) is 5.95 Å². The zero-order valence-corrected chi connectivity index (χ0v) is 15.5. The van der Waals surface area contributed by atoms with Crippen molar-refractivity contribution in [1.29, 1.82) is 0 Å². The van der Waals surface area contributed by atoms with E-state index in [2.05, 4.69) is 31.9 Å². The third-order valence-electron chi connectivity index (χ3n) is 4.77. The van der Waals surface area contributed by atoms with E-state index < -0.39 is 0 Å². The largest absolute Gasteiger partial charge is 0.489 e. The third-order valence-corrected chi connectivity index (χ3v) is 4.77. The molecular weight excluding hydrogens is 364 g/mol. The van der Waals surface area contributed by atoms with E-state index in [-0.39, 0.29) is 6.04 Å². The Hall–Kier alpha value is -4.00. The molecule has 2 aromatic heterocycles. The van der Waals surface area contributed by atoms with Gasteiger partial charge < -0.3 is 10.1 Å². The number of rotatable bonds is 5. The SMILES string of the molecule is C1=C(c2cccnc2)Nc2nnnn2C1c1ccc(OCc2ccccc2)cc1. The monoisotopic (exact) mass is 382 g/mol. The highest BCUT2D eigenvalue weighted by molar-refractivity contribution is 5.76. The number of nitrogens with one attached hydrogen (secondary N) is 1. The molecule has 1 aliphatic heterocycles. The number of nitrogens with zero attached hydrogens (tertiary/aromatic N) is 5. The van der Waals surface area contributed by atoms with Crippen molar-refractivity contribution in [3.05, 3.63) is 102 Å². The van der Waals surface area contributed by atoms with Crippen LogP contribution in [0.3, 0.4) is 0 Å². The molecule has 0 spiro atoms. The van der Waals surface area contributed by atoms with Crippen LogP contribution < -0.4 is 10.1 Å². The van der Waals surface area contributed by atoms with Gasteiger partial charge in [-0.25, -0.2) is 0 Å². The van der Waals surface area contributed by atoms with Crippen molar-refractivity contribution in [2.24, 2.45) is 0 Å². The van der Waals surface area contributed by atoms with Crippen LogP contribution in [0, 0.1) is 0 Å². The second kappa shape index (κ2) is 7.55. The Morgan fingerprint density at radius 1 is 0.966 bits per heavy atom. The third kappa shape index (κ3) is 3.58. The van der Waals surface area contributed by atoms with E-state index in [1.807, 2.05) is 72.9 Å². The van der Waals surface area contributed by atoms with Crippen molar-refractivity contribution in [3.63, 3.8) is 0 Å². The van der Waals surface area contributed by atoms with Gasteiger partial charge in [0.15, 0.2) is 0 Å². The second-order valence-corrected chi connectivity index (χ2v) is 6.68. The molecule has 0 saturated heterocycles. The van der Waals surface area contributed by atoms with Gasteiger partial charge in [-0.05, 0) is 51.9 Å².